The highest BCUT2D eigenvalue weighted by Crippen LogP contribution is 2.34. The van der Waals surface area contributed by atoms with Crippen molar-refractivity contribution < 1.29 is 32.9 Å². The number of nitrogen functional groups attached to an aromatic ring is 1. The van der Waals surface area contributed by atoms with Crippen molar-refractivity contribution in [2.45, 2.75) is 25.0 Å². The molecule has 146 valence electrons. The zero-order valence-electron chi connectivity index (χ0n) is 14.0. The van der Waals surface area contributed by atoms with Gasteiger partial charge in [-0.15, -0.1) is 0 Å². The molecular formula is C17H18F3N3O4. The second-order valence-electron chi connectivity index (χ2n) is 5.65. The Morgan fingerprint density at radius 2 is 1.93 bits per heavy atom. The number of aromatic nitrogens is 1. The second-order valence-corrected chi connectivity index (χ2v) is 5.65. The second kappa shape index (κ2) is 8.69. The summed E-state index contributed by atoms with van der Waals surface area (Å²) >= 11 is 0. The van der Waals surface area contributed by atoms with E-state index in [1.807, 2.05) is 0 Å². The SMILES string of the molecule is Nc1ncc(C(O)C(O)CNC(=O)OCc2ccccc2)cc1C(F)(F)F. The summed E-state index contributed by atoms with van der Waals surface area (Å²) in [7, 11) is 0. The van der Waals surface area contributed by atoms with Gasteiger partial charge in [0.2, 0.25) is 0 Å². The van der Waals surface area contributed by atoms with E-state index in [0.29, 0.717) is 6.07 Å². The Balaban J connectivity index is 1.90. The number of nitrogens with two attached hydrogens (primary N) is 1. The highest BCUT2D eigenvalue weighted by molar-refractivity contribution is 5.67. The van der Waals surface area contributed by atoms with Crippen LogP contribution in [-0.2, 0) is 17.5 Å². The number of nitrogens with one attached hydrogen (secondary N) is 1. The minimum atomic E-state index is -4.75. The molecule has 2 rings (SSSR count). The van der Waals surface area contributed by atoms with Gasteiger partial charge in [-0.05, 0) is 11.6 Å². The number of carbonyl (C=O) groups is 1. The highest BCUT2D eigenvalue weighted by Gasteiger charge is 2.35. The van der Waals surface area contributed by atoms with Gasteiger partial charge in [0.25, 0.3) is 0 Å². The lowest BCUT2D eigenvalue weighted by Gasteiger charge is -2.20. The molecule has 1 aromatic heterocycles. The lowest BCUT2D eigenvalue weighted by atomic mass is 10.0. The molecule has 0 fully saturated rings. The fourth-order valence-corrected chi connectivity index (χ4v) is 2.18. The molecule has 0 spiro atoms. The molecule has 2 atom stereocenters. The minimum absolute atomic E-state index is 0.00213. The molecule has 7 nitrogen and oxygen atoms in total. The molecule has 1 aromatic carbocycles. The largest absolute Gasteiger partial charge is 0.445 e. The zero-order chi connectivity index (χ0) is 20.0. The van der Waals surface area contributed by atoms with Gasteiger partial charge in [-0.25, -0.2) is 9.78 Å². The molecule has 0 aliphatic heterocycles. The zero-order valence-corrected chi connectivity index (χ0v) is 14.0. The number of benzene rings is 1. The number of nitrogens with zero attached hydrogens (tertiary/aromatic N) is 1. The molecule has 5 N–H and O–H groups in total. The Labute approximate surface area is 152 Å². The average Bonchev–Trinajstić information content (AvgIpc) is 2.64. The number of aliphatic hydroxyl groups excluding tert-OH is 2. The summed E-state index contributed by atoms with van der Waals surface area (Å²) in [6.45, 7) is -0.442. The standard InChI is InChI=1S/C17H18F3N3O4/c18-17(19,20)12-6-11(7-22-15(12)21)14(25)13(24)8-23-16(26)27-9-10-4-2-1-3-5-10/h1-7,13-14,24-25H,8-9H2,(H2,21,22)(H,23,26). The van der Waals surface area contributed by atoms with Gasteiger partial charge in [0.15, 0.2) is 0 Å². The third-order valence-electron chi connectivity index (χ3n) is 3.62. The number of amides is 1. The van der Waals surface area contributed by atoms with Crippen LogP contribution in [0.3, 0.4) is 0 Å². The Morgan fingerprint density at radius 1 is 1.26 bits per heavy atom. The van der Waals surface area contributed by atoms with Gasteiger partial charge in [-0.3, -0.25) is 0 Å². The predicted molar refractivity (Wildman–Crippen MR) is 89.2 cm³/mol. The van der Waals surface area contributed by atoms with Crippen LogP contribution in [0.15, 0.2) is 42.6 Å². The predicted octanol–water partition coefficient (Wildman–Crippen LogP) is 2.00. The van der Waals surface area contributed by atoms with E-state index in [1.165, 1.54) is 0 Å². The summed E-state index contributed by atoms with van der Waals surface area (Å²) < 4.78 is 43.4. The first-order valence-electron chi connectivity index (χ1n) is 7.81. The number of alkyl carbamates (subject to hydrolysis) is 1. The molecule has 0 aliphatic carbocycles. The lowest BCUT2D eigenvalue weighted by molar-refractivity contribution is -0.137. The molecule has 10 heteroatoms. The average molecular weight is 385 g/mol. The molecule has 0 saturated heterocycles. The van der Waals surface area contributed by atoms with E-state index in [4.69, 9.17) is 10.5 Å². The van der Waals surface area contributed by atoms with Gasteiger partial charge in [-0.1, -0.05) is 30.3 Å². The smallest absolute Gasteiger partial charge is 0.419 e. The monoisotopic (exact) mass is 385 g/mol. The number of hydrogen-bond acceptors (Lipinski definition) is 6. The maximum Gasteiger partial charge on any atom is 0.419 e. The van der Waals surface area contributed by atoms with Gasteiger partial charge in [-0.2, -0.15) is 13.2 Å². The van der Waals surface area contributed by atoms with E-state index >= 15 is 0 Å². The summed E-state index contributed by atoms with van der Waals surface area (Å²) in [6, 6.07) is 9.44. The van der Waals surface area contributed by atoms with Crippen molar-refractivity contribution in [2.75, 3.05) is 12.3 Å². The van der Waals surface area contributed by atoms with E-state index in [0.717, 1.165) is 11.8 Å². The fourth-order valence-electron chi connectivity index (χ4n) is 2.18. The molecule has 0 aliphatic rings. The van der Waals surface area contributed by atoms with Gasteiger partial charge in [0, 0.05) is 18.3 Å². The molecule has 27 heavy (non-hydrogen) atoms. The Morgan fingerprint density at radius 3 is 2.56 bits per heavy atom. The van der Waals surface area contributed by atoms with Gasteiger partial charge < -0.3 is 26.0 Å². The van der Waals surface area contributed by atoms with E-state index < -0.39 is 42.4 Å². The van der Waals surface area contributed by atoms with Crippen molar-refractivity contribution in [1.29, 1.82) is 0 Å². The number of hydrogen-bond donors (Lipinski definition) is 4. The third-order valence-corrected chi connectivity index (χ3v) is 3.62. The molecule has 0 bridgehead atoms. The highest BCUT2D eigenvalue weighted by atomic mass is 19.4. The summed E-state index contributed by atoms with van der Waals surface area (Å²) in [5.41, 5.74) is 4.42. The van der Waals surface area contributed by atoms with Crippen molar-refractivity contribution in [2.24, 2.45) is 0 Å². The lowest BCUT2D eigenvalue weighted by Crippen LogP contribution is -2.36. The van der Waals surface area contributed by atoms with Crippen LogP contribution < -0.4 is 11.1 Å². The van der Waals surface area contributed by atoms with Crippen LogP contribution in [0.25, 0.3) is 0 Å². The Kier molecular flexibility index (Phi) is 6.59. The topological polar surface area (TPSA) is 118 Å². The third kappa shape index (κ3) is 5.83. The van der Waals surface area contributed by atoms with Crippen molar-refractivity contribution >= 4 is 11.9 Å². The summed E-state index contributed by atoms with van der Waals surface area (Å²) in [6.07, 6.45) is -7.98. The quantitative estimate of drug-likeness (QED) is 0.604. The molecule has 0 radical (unpaired) electrons. The Bertz CT molecular complexity index is 772. The van der Waals surface area contributed by atoms with Crippen LogP contribution >= 0.6 is 0 Å². The van der Waals surface area contributed by atoms with Crippen molar-refractivity contribution in [3.05, 3.63) is 59.3 Å². The molecule has 1 amide bonds. The van der Waals surface area contributed by atoms with Gasteiger partial charge in [0.1, 0.15) is 24.6 Å². The number of halogens is 3. The number of aliphatic hydroxyl groups is 2. The normalized spacial score (nSPS) is 13.7. The number of pyridine rings is 1. The van der Waals surface area contributed by atoms with Crippen LogP contribution in [0.1, 0.15) is 22.8 Å². The first kappa shape index (κ1) is 20.5. The van der Waals surface area contributed by atoms with E-state index in [-0.39, 0.29) is 12.2 Å². The number of anilines is 1. The van der Waals surface area contributed by atoms with Crippen LogP contribution in [-0.4, -0.2) is 33.9 Å². The fraction of sp³-hybridized carbons (Fsp3) is 0.294. The molecule has 1 heterocycles. The number of carbonyl (C=O) groups excluding carboxylic acids is 1. The first-order chi connectivity index (χ1) is 12.7. The van der Waals surface area contributed by atoms with E-state index in [9.17, 15) is 28.2 Å². The molecule has 2 unspecified atom stereocenters. The van der Waals surface area contributed by atoms with E-state index in [1.54, 1.807) is 30.3 Å². The van der Waals surface area contributed by atoms with E-state index in [2.05, 4.69) is 10.3 Å². The summed E-state index contributed by atoms with van der Waals surface area (Å²) in [5.74, 6) is -0.740. The summed E-state index contributed by atoms with van der Waals surface area (Å²) in [4.78, 5) is 15.0. The maximum absolute atomic E-state index is 12.8. The minimum Gasteiger partial charge on any atom is -0.445 e. The number of rotatable bonds is 6. The van der Waals surface area contributed by atoms with Crippen LogP contribution in [0.2, 0.25) is 0 Å². The van der Waals surface area contributed by atoms with Crippen molar-refractivity contribution in [3.63, 3.8) is 0 Å². The molecular weight excluding hydrogens is 367 g/mol. The van der Waals surface area contributed by atoms with Crippen LogP contribution in [0.4, 0.5) is 23.8 Å². The van der Waals surface area contributed by atoms with Crippen LogP contribution in [0, 0.1) is 0 Å². The molecule has 0 saturated carbocycles. The van der Waals surface area contributed by atoms with Gasteiger partial charge >= 0.3 is 12.3 Å². The number of alkyl halides is 3. The first-order valence-corrected chi connectivity index (χ1v) is 7.81. The van der Waals surface area contributed by atoms with Crippen molar-refractivity contribution in [1.82, 2.24) is 10.3 Å². The Hall–Kier alpha value is -2.85. The molecule has 2 aromatic rings. The summed E-state index contributed by atoms with van der Waals surface area (Å²) in [5, 5.41) is 22.1. The van der Waals surface area contributed by atoms with Crippen molar-refractivity contribution in [3.8, 4) is 0 Å². The number of ether oxygens (including phenoxy) is 1. The maximum atomic E-state index is 12.8. The van der Waals surface area contributed by atoms with Crippen LogP contribution in [0.5, 0.6) is 0 Å². The van der Waals surface area contributed by atoms with Gasteiger partial charge in [0.05, 0.1) is 5.56 Å².